The summed E-state index contributed by atoms with van der Waals surface area (Å²) in [7, 11) is 2.05. The largest absolute Gasteiger partial charge is 0.319 e. The maximum atomic E-state index is 3.32. The molecule has 0 rings (SSSR count). The minimum atomic E-state index is 0.411. The summed E-state index contributed by atoms with van der Waals surface area (Å²) in [6, 6.07) is 0.706. The predicted molar refractivity (Wildman–Crippen MR) is 69.3 cm³/mol. The molecule has 0 aliphatic carbocycles. The van der Waals surface area contributed by atoms with Gasteiger partial charge in [0, 0.05) is 19.1 Å². The van der Waals surface area contributed by atoms with Gasteiger partial charge >= 0.3 is 0 Å². The van der Waals surface area contributed by atoms with E-state index in [1.807, 2.05) is 7.05 Å². The molecule has 0 radical (unpaired) electrons. The summed E-state index contributed by atoms with van der Waals surface area (Å²) >= 11 is 0. The standard InChI is InChI=1S/C13H30N2/c1-7-12(4)15(9-3)11-13(5,8-2)10-14-6/h12,14H,7-11H2,1-6H3. The van der Waals surface area contributed by atoms with Crippen molar-refractivity contribution in [3.63, 3.8) is 0 Å². The van der Waals surface area contributed by atoms with Crippen LogP contribution in [0.3, 0.4) is 0 Å². The number of hydrogen-bond donors (Lipinski definition) is 1. The third kappa shape index (κ3) is 4.98. The summed E-state index contributed by atoms with van der Waals surface area (Å²) in [6.45, 7) is 15.0. The van der Waals surface area contributed by atoms with Gasteiger partial charge < -0.3 is 10.2 Å². The highest BCUT2D eigenvalue weighted by molar-refractivity contribution is 4.80. The van der Waals surface area contributed by atoms with Gasteiger partial charge in [-0.3, -0.25) is 0 Å². The molecule has 0 aromatic carbocycles. The van der Waals surface area contributed by atoms with Crippen LogP contribution in [0.2, 0.25) is 0 Å². The highest BCUT2D eigenvalue weighted by Gasteiger charge is 2.25. The van der Waals surface area contributed by atoms with E-state index in [0.29, 0.717) is 11.5 Å². The first-order valence-electron chi connectivity index (χ1n) is 6.41. The molecule has 0 aromatic rings. The van der Waals surface area contributed by atoms with Gasteiger partial charge in [-0.1, -0.05) is 27.7 Å². The lowest BCUT2D eigenvalue weighted by molar-refractivity contribution is 0.125. The van der Waals surface area contributed by atoms with Crippen LogP contribution in [-0.2, 0) is 0 Å². The smallest absolute Gasteiger partial charge is 0.00644 e. The third-order valence-corrected chi connectivity index (χ3v) is 3.66. The van der Waals surface area contributed by atoms with Crippen molar-refractivity contribution in [3.8, 4) is 0 Å². The summed E-state index contributed by atoms with van der Waals surface area (Å²) in [5, 5.41) is 3.32. The predicted octanol–water partition coefficient (Wildman–Crippen LogP) is 2.74. The van der Waals surface area contributed by atoms with E-state index in [4.69, 9.17) is 0 Å². The maximum Gasteiger partial charge on any atom is 0.00644 e. The van der Waals surface area contributed by atoms with E-state index in [-0.39, 0.29) is 0 Å². The van der Waals surface area contributed by atoms with Crippen molar-refractivity contribution in [2.24, 2.45) is 5.41 Å². The van der Waals surface area contributed by atoms with Gasteiger partial charge in [0.15, 0.2) is 0 Å². The van der Waals surface area contributed by atoms with E-state index < -0.39 is 0 Å². The summed E-state index contributed by atoms with van der Waals surface area (Å²) in [5.74, 6) is 0. The lowest BCUT2D eigenvalue weighted by atomic mass is 9.86. The Bertz CT molecular complexity index is 159. The van der Waals surface area contributed by atoms with Crippen LogP contribution in [-0.4, -0.2) is 37.6 Å². The number of rotatable bonds is 8. The van der Waals surface area contributed by atoms with Gasteiger partial charge in [-0.05, 0) is 38.8 Å². The Morgan fingerprint density at radius 1 is 1.27 bits per heavy atom. The summed E-state index contributed by atoms with van der Waals surface area (Å²) in [4.78, 5) is 2.60. The Morgan fingerprint density at radius 3 is 2.20 bits per heavy atom. The van der Waals surface area contributed by atoms with E-state index in [1.165, 1.54) is 19.4 Å². The van der Waals surface area contributed by atoms with E-state index >= 15 is 0 Å². The van der Waals surface area contributed by atoms with Crippen molar-refractivity contribution >= 4 is 0 Å². The first-order valence-corrected chi connectivity index (χ1v) is 6.41. The van der Waals surface area contributed by atoms with Crippen molar-refractivity contribution in [3.05, 3.63) is 0 Å². The molecule has 0 spiro atoms. The molecule has 15 heavy (non-hydrogen) atoms. The molecule has 0 amide bonds. The Balaban J connectivity index is 4.35. The molecule has 0 fully saturated rings. The topological polar surface area (TPSA) is 15.3 Å². The van der Waals surface area contributed by atoms with Gasteiger partial charge in [0.2, 0.25) is 0 Å². The van der Waals surface area contributed by atoms with Gasteiger partial charge in [0.1, 0.15) is 0 Å². The van der Waals surface area contributed by atoms with E-state index in [0.717, 1.165) is 13.1 Å². The summed E-state index contributed by atoms with van der Waals surface area (Å²) < 4.78 is 0. The van der Waals surface area contributed by atoms with Gasteiger partial charge in [0.25, 0.3) is 0 Å². The molecule has 2 unspecified atom stereocenters. The van der Waals surface area contributed by atoms with Gasteiger partial charge in [-0.15, -0.1) is 0 Å². The lowest BCUT2D eigenvalue weighted by Crippen LogP contribution is -2.44. The molecule has 0 aromatic heterocycles. The molecule has 0 heterocycles. The number of nitrogens with zero attached hydrogens (tertiary/aromatic N) is 1. The molecule has 0 saturated carbocycles. The van der Waals surface area contributed by atoms with Crippen molar-refractivity contribution in [2.45, 2.75) is 53.5 Å². The molecule has 1 N–H and O–H groups in total. The molecule has 2 nitrogen and oxygen atoms in total. The van der Waals surface area contributed by atoms with Gasteiger partial charge in [-0.25, -0.2) is 0 Å². The van der Waals surface area contributed by atoms with Crippen molar-refractivity contribution in [1.29, 1.82) is 0 Å². The van der Waals surface area contributed by atoms with Crippen LogP contribution in [0.25, 0.3) is 0 Å². The van der Waals surface area contributed by atoms with Crippen molar-refractivity contribution in [2.75, 3.05) is 26.7 Å². The quantitative estimate of drug-likeness (QED) is 0.668. The Kier molecular flexibility index (Phi) is 7.20. The highest BCUT2D eigenvalue weighted by Crippen LogP contribution is 2.23. The number of hydrogen-bond acceptors (Lipinski definition) is 2. The van der Waals surface area contributed by atoms with Crippen molar-refractivity contribution < 1.29 is 0 Å². The van der Waals surface area contributed by atoms with Crippen LogP contribution in [0.4, 0.5) is 0 Å². The molecular formula is C13H30N2. The molecule has 2 atom stereocenters. The Hall–Kier alpha value is -0.0800. The molecule has 2 heteroatoms. The fourth-order valence-corrected chi connectivity index (χ4v) is 2.05. The van der Waals surface area contributed by atoms with E-state index in [1.54, 1.807) is 0 Å². The van der Waals surface area contributed by atoms with E-state index in [9.17, 15) is 0 Å². The fourth-order valence-electron chi connectivity index (χ4n) is 2.05. The monoisotopic (exact) mass is 214 g/mol. The maximum absolute atomic E-state index is 3.32. The average molecular weight is 214 g/mol. The molecule has 92 valence electrons. The fraction of sp³-hybridized carbons (Fsp3) is 1.00. The number of nitrogens with one attached hydrogen (secondary N) is 1. The SMILES string of the molecule is CCC(C)N(CC)CC(C)(CC)CNC. The van der Waals surface area contributed by atoms with Gasteiger partial charge in [0.05, 0.1) is 0 Å². The second kappa shape index (κ2) is 7.24. The molecule has 0 aliphatic rings. The van der Waals surface area contributed by atoms with E-state index in [2.05, 4.69) is 44.8 Å². The normalized spacial score (nSPS) is 17.8. The zero-order valence-corrected chi connectivity index (χ0v) is 11.6. The minimum absolute atomic E-state index is 0.411. The minimum Gasteiger partial charge on any atom is -0.319 e. The second-order valence-corrected chi connectivity index (χ2v) is 5.01. The van der Waals surface area contributed by atoms with Crippen molar-refractivity contribution in [1.82, 2.24) is 10.2 Å². The molecule has 0 aliphatic heterocycles. The zero-order chi connectivity index (χ0) is 11.9. The van der Waals surface area contributed by atoms with Crippen LogP contribution in [0.1, 0.15) is 47.5 Å². The van der Waals surface area contributed by atoms with Crippen LogP contribution in [0.5, 0.6) is 0 Å². The first-order chi connectivity index (χ1) is 7.02. The van der Waals surface area contributed by atoms with Gasteiger partial charge in [-0.2, -0.15) is 0 Å². The highest BCUT2D eigenvalue weighted by atomic mass is 15.2. The summed E-state index contributed by atoms with van der Waals surface area (Å²) in [6.07, 6.45) is 2.48. The summed E-state index contributed by atoms with van der Waals surface area (Å²) in [5.41, 5.74) is 0.411. The zero-order valence-electron chi connectivity index (χ0n) is 11.6. The average Bonchev–Trinajstić information content (AvgIpc) is 2.25. The Morgan fingerprint density at radius 2 is 1.87 bits per heavy atom. The van der Waals surface area contributed by atoms with Crippen LogP contribution < -0.4 is 5.32 Å². The molecular weight excluding hydrogens is 184 g/mol. The lowest BCUT2D eigenvalue weighted by Gasteiger charge is -2.37. The third-order valence-electron chi connectivity index (χ3n) is 3.66. The molecule has 0 bridgehead atoms. The van der Waals surface area contributed by atoms with Crippen LogP contribution >= 0.6 is 0 Å². The second-order valence-electron chi connectivity index (χ2n) is 5.01. The molecule has 0 saturated heterocycles. The van der Waals surface area contributed by atoms with Crippen LogP contribution in [0.15, 0.2) is 0 Å². The van der Waals surface area contributed by atoms with Crippen LogP contribution in [0, 0.1) is 5.41 Å². The Labute approximate surface area is 96.4 Å². The first kappa shape index (κ1) is 14.9.